The molecule has 1 heterocycles. The van der Waals surface area contributed by atoms with Crippen molar-refractivity contribution in [3.63, 3.8) is 0 Å². The maximum Gasteiger partial charge on any atom is 0.107 e. The second-order valence-electron chi connectivity index (χ2n) is 5.51. The van der Waals surface area contributed by atoms with Gasteiger partial charge in [-0.2, -0.15) is 0 Å². The van der Waals surface area contributed by atoms with Gasteiger partial charge in [-0.05, 0) is 24.8 Å². The summed E-state index contributed by atoms with van der Waals surface area (Å²) < 4.78 is 1.83. The van der Waals surface area contributed by atoms with Crippen LogP contribution >= 0.6 is 0 Å². The van der Waals surface area contributed by atoms with Crippen LogP contribution in [0.1, 0.15) is 57.4 Å². The normalized spacial score (nSPS) is 13.3. The van der Waals surface area contributed by atoms with E-state index in [2.05, 4.69) is 43.2 Å². The first-order chi connectivity index (χ1) is 10.2. The summed E-state index contributed by atoms with van der Waals surface area (Å²) in [6.07, 6.45) is 3.80. The molecule has 4 nitrogen and oxygen atoms in total. The molecule has 0 aliphatic heterocycles. The molecule has 2 rings (SSSR count). The molecule has 0 radical (unpaired) electrons. The van der Waals surface area contributed by atoms with Gasteiger partial charge in [0.25, 0.3) is 0 Å². The molecule has 0 aliphatic carbocycles. The van der Waals surface area contributed by atoms with Crippen molar-refractivity contribution < 1.29 is 5.11 Å². The highest BCUT2D eigenvalue weighted by Gasteiger charge is 2.39. The van der Waals surface area contributed by atoms with Crippen molar-refractivity contribution in [3.8, 4) is 0 Å². The lowest BCUT2D eigenvalue weighted by Gasteiger charge is -2.37. The summed E-state index contributed by atoms with van der Waals surface area (Å²) in [5.74, 6) is 0. The summed E-state index contributed by atoms with van der Waals surface area (Å²) in [5, 5.41) is 19.2. The fourth-order valence-corrected chi connectivity index (χ4v) is 3.12. The number of benzene rings is 1. The van der Waals surface area contributed by atoms with Crippen molar-refractivity contribution in [3.05, 3.63) is 47.8 Å². The van der Waals surface area contributed by atoms with Crippen LogP contribution in [0.2, 0.25) is 0 Å². The van der Waals surface area contributed by atoms with Crippen LogP contribution in [0.3, 0.4) is 0 Å². The zero-order chi connectivity index (χ0) is 15.3. The maximum atomic E-state index is 11.1. The van der Waals surface area contributed by atoms with Crippen molar-refractivity contribution in [2.45, 2.75) is 58.1 Å². The zero-order valence-electron chi connectivity index (χ0n) is 13.2. The van der Waals surface area contributed by atoms with Gasteiger partial charge in [-0.15, -0.1) is 5.10 Å². The number of aryl methyl sites for hydroxylation is 1. The average Bonchev–Trinajstić information content (AvgIpc) is 2.98. The average molecular weight is 287 g/mol. The molecule has 0 aliphatic rings. The van der Waals surface area contributed by atoms with Gasteiger partial charge in [0.2, 0.25) is 0 Å². The van der Waals surface area contributed by atoms with Gasteiger partial charge in [0.15, 0.2) is 0 Å². The number of hydrogen-bond acceptors (Lipinski definition) is 3. The van der Waals surface area contributed by atoms with Crippen LogP contribution in [-0.4, -0.2) is 20.1 Å². The van der Waals surface area contributed by atoms with Crippen molar-refractivity contribution in [2.75, 3.05) is 0 Å². The molecule has 0 saturated carbocycles. The van der Waals surface area contributed by atoms with E-state index in [1.165, 1.54) is 5.56 Å². The van der Waals surface area contributed by atoms with Gasteiger partial charge in [-0.3, -0.25) is 0 Å². The minimum Gasteiger partial charge on any atom is -0.386 e. The highest BCUT2D eigenvalue weighted by atomic mass is 16.3. The lowest BCUT2D eigenvalue weighted by atomic mass is 9.70. The number of aromatic nitrogens is 3. The molecule has 114 valence electrons. The standard InChI is InChI=1S/C17H25N3O/c1-4-12-20-15(13-18-19-20)16(21)17(5-2,6-3)14-10-8-7-9-11-14/h7-11,13,16,21H,4-6,12H2,1-3H3. The van der Waals surface area contributed by atoms with E-state index in [9.17, 15) is 5.11 Å². The van der Waals surface area contributed by atoms with Gasteiger partial charge in [0, 0.05) is 12.0 Å². The Balaban J connectivity index is 2.44. The molecule has 0 amide bonds. The van der Waals surface area contributed by atoms with Gasteiger partial charge < -0.3 is 5.11 Å². The fraction of sp³-hybridized carbons (Fsp3) is 0.529. The quantitative estimate of drug-likeness (QED) is 0.848. The Morgan fingerprint density at radius 1 is 1.14 bits per heavy atom. The van der Waals surface area contributed by atoms with Gasteiger partial charge >= 0.3 is 0 Å². The fourth-order valence-electron chi connectivity index (χ4n) is 3.12. The third kappa shape index (κ3) is 2.86. The van der Waals surface area contributed by atoms with E-state index in [4.69, 9.17) is 0 Å². The Bertz CT molecular complexity index is 546. The molecule has 1 unspecified atom stereocenters. The second-order valence-corrected chi connectivity index (χ2v) is 5.51. The summed E-state index contributed by atoms with van der Waals surface area (Å²) in [4.78, 5) is 0. The molecule has 0 fully saturated rings. The SMILES string of the molecule is CCCn1nncc1C(O)C(CC)(CC)c1ccccc1. The van der Waals surface area contributed by atoms with E-state index in [-0.39, 0.29) is 5.41 Å². The molecule has 1 aromatic carbocycles. The topological polar surface area (TPSA) is 50.9 Å². The van der Waals surface area contributed by atoms with Gasteiger partial charge in [0.05, 0.1) is 11.9 Å². The van der Waals surface area contributed by atoms with Gasteiger partial charge in [-0.1, -0.05) is 56.3 Å². The molecule has 0 saturated heterocycles. The molecule has 21 heavy (non-hydrogen) atoms. The van der Waals surface area contributed by atoms with Crippen molar-refractivity contribution in [1.82, 2.24) is 15.0 Å². The van der Waals surface area contributed by atoms with Crippen LogP contribution < -0.4 is 0 Å². The molecule has 0 spiro atoms. The van der Waals surface area contributed by atoms with Crippen LogP contribution in [0.4, 0.5) is 0 Å². The maximum absolute atomic E-state index is 11.1. The molecule has 4 heteroatoms. The number of aliphatic hydroxyl groups is 1. The van der Waals surface area contributed by atoms with Crippen LogP contribution in [0.5, 0.6) is 0 Å². The van der Waals surface area contributed by atoms with Gasteiger partial charge in [0.1, 0.15) is 6.10 Å². The van der Waals surface area contributed by atoms with Crippen molar-refractivity contribution in [1.29, 1.82) is 0 Å². The van der Waals surface area contributed by atoms with E-state index in [1.807, 2.05) is 22.9 Å². The predicted molar refractivity (Wildman–Crippen MR) is 84.0 cm³/mol. The number of hydrogen-bond donors (Lipinski definition) is 1. The Hall–Kier alpha value is -1.68. The smallest absolute Gasteiger partial charge is 0.107 e. The molecule has 0 bridgehead atoms. The van der Waals surface area contributed by atoms with E-state index in [0.29, 0.717) is 0 Å². The lowest BCUT2D eigenvalue weighted by Crippen LogP contribution is -2.34. The molecule has 1 aromatic heterocycles. The zero-order valence-corrected chi connectivity index (χ0v) is 13.2. The summed E-state index contributed by atoms with van der Waals surface area (Å²) in [6.45, 7) is 7.15. The highest BCUT2D eigenvalue weighted by molar-refractivity contribution is 5.29. The van der Waals surface area contributed by atoms with Crippen LogP contribution in [0.25, 0.3) is 0 Å². The molecular formula is C17H25N3O. The third-order valence-electron chi connectivity index (χ3n) is 4.50. The first kappa shape index (κ1) is 15.7. The second kappa shape index (κ2) is 6.85. The Labute approximate surface area is 126 Å². The molecule has 2 aromatic rings. The predicted octanol–water partition coefficient (Wildman–Crippen LogP) is 3.48. The third-order valence-corrected chi connectivity index (χ3v) is 4.50. The minimum absolute atomic E-state index is 0.297. The van der Waals surface area contributed by atoms with E-state index in [1.54, 1.807) is 6.20 Å². The minimum atomic E-state index is -0.601. The monoisotopic (exact) mass is 287 g/mol. The molecule has 1 atom stereocenters. The first-order valence-corrected chi connectivity index (χ1v) is 7.81. The Kier molecular flexibility index (Phi) is 5.12. The largest absolute Gasteiger partial charge is 0.386 e. The number of aliphatic hydroxyl groups excluding tert-OH is 1. The van der Waals surface area contributed by atoms with Crippen LogP contribution in [0.15, 0.2) is 36.5 Å². The summed E-state index contributed by atoms with van der Waals surface area (Å²) in [7, 11) is 0. The van der Waals surface area contributed by atoms with E-state index in [0.717, 1.165) is 31.5 Å². The van der Waals surface area contributed by atoms with E-state index >= 15 is 0 Å². The summed E-state index contributed by atoms with van der Waals surface area (Å²) >= 11 is 0. The summed E-state index contributed by atoms with van der Waals surface area (Å²) in [5.41, 5.74) is 1.69. The Morgan fingerprint density at radius 2 is 1.81 bits per heavy atom. The summed E-state index contributed by atoms with van der Waals surface area (Å²) in [6, 6.07) is 10.3. The van der Waals surface area contributed by atoms with Crippen molar-refractivity contribution >= 4 is 0 Å². The first-order valence-electron chi connectivity index (χ1n) is 7.81. The number of rotatable bonds is 7. The molecule has 1 N–H and O–H groups in total. The van der Waals surface area contributed by atoms with Gasteiger partial charge in [-0.25, -0.2) is 4.68 Å². The van der Waals surface area contributed by atoms with Crippen LogP contribution in [-0.2, 0) is 12.0 Å². The van der Waals surface area contributed by atoms with Crippen LogP contribution in [0, 0.1) is 0 Å². The molecular weight excluding hydrogens is 262 g/mol. The highest BCUT2D eigenvalue weighted by Crippen LogP contribution is 2.42. The Morgan fingerprint density at radius 3 is 2.38 bits per heavy atom. The van der Waals surface area contributed by atoms with Crippen molar-refractivity contribution in [2.24, 2.45) is 0 Å². The lowest BCUT2D eigenvalue weighted by molar-refractivity contribution is 0.0646. The van der Waals surface area contributed by atoms with E-state index < -0.39 is 6.10 Å². The number of nitrogens with zero attached hydrogens (tertiary/aromatic N) is 3.